The number of rotatable bonds is 6. The zero-order valence-electron chi connectivity index (χ0n) is 15.7. The molecule has 6 nitrogen and oxygen atoms in total. The number of amides is 1. The van der Waals surface area contributed by atoms with Gasteiger partial charge < -0.3 is 19.2 Å². The Kier molecular flexibility index (Phi) is 5.34. The van der Waals surface area contributed by atoms with Crippen LogP contribution in [-0.2, 0) is 13.0 Å². The molecular formula is C21H26N2O4. The number of furan rings is 1. The van der Waals surface area contributed by atoms with Crippen molar-refractivity contribution in [2.75, 3.05) is 26.2 Å². The highest BCUT2D eigenvalue weighted by atomic mass is 16.6. The minimum absolute atomic E-state index is 0.208. The van der Waals surface area contributed by atoms with Gasteiger partial charge in [-0.05, 0) is 44.1 Å². The van der Waals surface area contributed by atoms with E-state index in [-0.39, 0.29) is 12.0 Å². The Morgan fingerprint density at radius 2 is 2.00 bits per heavy atom. The topological polar surface area (TPSA) is 63.9 Å². The second kappa shape index (κ2) is 8.05. The first-order chi connectivity index (χ1) is 13.2. The molecular weight excluding hydrogens is 344 g/mol. The predicted octanol–water partition coefficient (Wildman–Crippen LogP) is 3.01. The van der Waals surface area contributed by atoms with Crippen LogP contribution in [0.15, 0.2) is 34.7 Å². The summed E-state index contributed by atoms with van der Waals surface area (Å²) < 4.78 is 17.4. The molecule has 6 heteroatoms. The van der Waals surface area contributed by atoms with Gasteiger partial charge in [0.15, 0.2) is 17.3 Å². The van der Waals surface area contributed by atoms with Gasteiger partial charge in [-0.1, -0.05) is 19.1 Å². The van der Waals surface area contributed by atoms with Gasteiger partial charge in [-0.3, -0.25) is 9.69 Å². The number of para-hydroxylation sites is 2. The Labute approximate surface area is 159 Å². The molecule has 3 heterocycles. The lowest BCUT2D eigenvalue weighted by atomic mass is 10.2. The maximum Gasteiger partial charge on any atom is 0.287 e. The molecule has 1 aromatic carbocycles. The average molecular weight is 370 g/mol. The number of aryl methyl sites for hydroxylation is 1. The fraction of sp³-hybridized carbons (Fsp3) is 0.476. The zero-order valence-corrected chi connectivity index (χ0v) is 15.7. The van der Waals surface area contributed by atoms with E-state index in [0.717, 1.165) is 43.1 Å². The number of nitrogens with one attached hydrogen (secondary N) is 1. The monoisotopic (exact) mass is 370 g/mol. The fourth-order valence-electron chi connectivity index (χ4n) is 3.65. The third kappa shape index (κ3) is 4.11. The van der Waals surface area contributed by atoms with Gasteiger partial charge in [0.2, 0.25) is 0 Å². The van der Waals surface area contributed by atoms with Crippen LogP contribution in [0.2, 0.25) is 0 Å². The van der Waals surface area contributed by atoms with Gasteiger partial charge >= 0.3 is 0 Å². The molecule has 144 valence electrons. The first kappa shape index (κ1) is 17.9. The van der Waals surface area contributed by atoms with Crippen molar-refractivity contribution in [3.8, 4) is 11.5 Å². The predicted molar refractivity (Wildman–Crippen MR) is 101 cm³/mol. The maximum atomic E-state index is 12.5. The molecule has 0 saturated carbocycles. The molecule has 1 saturated heterocycles. The number of ether oxygens (including phenoxy) is 2. The maximum absolute atomic E-state index is 12.5. The molecule has 1 aromatic heterocycles. The fourth-order valence-corrected chi connectivity index (χ4v) is 3.65. The van der Waals surface area contributed by atoms with Crippen molar-refractivity contribution in [1.29, 1.82) is 0 Å². The largest absolute Gasteiger partial charge is 0.486 e. The number of hydrogen-bond acceptors (Lipinski definition) is 5. The molecule has 1 N–H and O–H groups in total. The van der Waals surface area contributed by atoms with Crippen LogP contribution in [0.5, 0.6) is 11.5 Å². The van der Waals surface area contributed by atoms with Gasteiger partial charge in [0, 0.05) is 18.5 Å². The number of nitrogens with zero attached hydrogens (tertiary/aromatic N) is 1. The summed E-state index contributed by atoms with van der Waals surface area (Å²) in [6, 6.07) is 9.45. The lowest BCUT2D eigenvalue weighted by Crippen LogP contribution is -2.40. The van der Waals surface area contributed by atoms with Crippen LogP contribution in [0.4, 0.5) is 0 Å². The van der Waals surface area contributed by atoms with Crippen LogP contribution in [0.3, 0.4) is 0 Å². The van der Waals surface area contributed by atoms with Crippen LogP contribution in [0.25, 0.3) is 0 Å². The van der Waals surface area contributed by atoms with Crippen LogP contribution < -0.4 is 14.8 Å². The second-order valence-corrected chi connectivity index (χ2v) is 7.10. The normalized spacial score (nSPS) is 19.2. The van der Waals surface area contributed by atoms with Crippen molar-refractivity contribution >= 4 is 5.91 Å². The molecule has 2 aliphatic rings. The third-order valence-corrected chi connectivity index (χ3v) is 5.09. The van der Waals surface area contributed by atoms with Gasteiger partial charge in [-0.25, -0.2) is 0 Å². The van der Waals surface area contributed by atoms with Gasteiger partial charge in [0.05, 0.1) is 6.54 Å². The first-order valence-electron chi connectivity index (χ1n) is 9.73. The van der Waals surface area contributed by atoms with E-state index < -0.39 is 0 Å². The van der Waals surface area contributed by atoms with Crippen molar-refractivity contribution in [3.05, 3.63) is 47.4 Å². The SMILES string of the molecule is CCc1oc(C(=O)NCC2COc3ccccc3O2)cc1CN1CCCC1. The zero-order chi connectivity index (χ0) is 18.6. The lowest BCUT2D eigenvalue weighted by Gasteiger charge is -2.26. The summed E-state index contributed by atoms with van der Waals surface area (Å²) in [5.74, 6) is 2.52. The summed E-state index contributed by atoms with van der Waals surface area (Å²) in [5, 5.41) is 2.91. The Morgan fingerprint density at radius 1 is 1.22 bits per heavy atom. The molecule has 27 heavy (non-hydrogen) atoms. The summed E-state index contributed by atoms with van der Waals surface area (Å²) in [6.07, 6.45) is 3.07. The standard InChI is InChI=1S/C21H26N2O4/c1-2-17-15(13-23-9-5-6-10-23)11-20(27-17)21(24)22-12-16-14-25-18-7-3-4-8-19(18)26-16/h3-4,7-8,11,16H,2,5-6,9-10,12-14H2,1H3,(H,22,24). The van der Waals surface area contributed by atoms with Crippen molar-refractivity contribution in [3.63, 3.8) is 0 Å². The van der Waals surface area contributed by atoms with Crippen molar-refractivity contribution in [1.82, 2.24) is 10.2 Å². The van der Waals surface area contributed by atoms with Crippen molar-refractivity contribution in [2.24, 2.45) is 0 Å². The second-order valence-electron chi connectivity index (χ2n) is 7.10. The molecule has 2 aliphatic heterocycles. The Hall–Kier alpha value is -2.47. The highest BCUT2D eigenvalue weighted by Gasteiger charge is 2.23. The Morgan fingerprint density at radius 3 is 2.78 bits per heavy atom. The number of carbonyl (C=O) groups is 1. The molecule has 0 radical (unpaired) electrons. The molecule has 2 aromatic rings. The summed E-state index contributed by atoms with van der Waals surface area (Å²) in [6.45, 7) is 5.94. The summed E-state index contributed by atoms with van der Waals surface area (Å²) in [7, 11) is 0. The number of hydrogen-bond donors (Lipinski definition) is 1. The minimum Gasteiger partial charge on any atom is -0.486 e. The summed E-state index contributed by atoms with van der Waals surface area (Å²) >= 11 is 0. The van der Waals surface area contributed by atoms with Gasteiger partial charge in [-0.15, -0.1) is 0 Å². The van der Waals surface area contributed by atoms with E-state index in [1.54, 1.807) is 0 Å². The highest BCUT2D eigenvalue weighted by molar-refractivity contribution is 5.91. The van der Waals surface area contributed by atoms with Crippen molar-refractivity contribution < 1.29 is 18.7 Å². The van der Waals surface area contributed by atoms with Crippen molar-refractivity contribution in [2.45, 2.75) is 38.8 Å². The Bertz CT molecular complexity index is 795. The van der Waals surface area contributed by atoms with Gasteiger partial charge in [0.25, 0.3) is 5.91 Å². The van der Waals surface area contributed by atoms with E-state index >= 15 is 0 Å². The lowest BCUT2D eigenvalue weighted by molar-refractivity contribution is 0.0772. The average Bonchev–Trinajstić information content (AvgIpc) is 3.36. The minimum atomic E-state index is -0.214. The van der Waals surface area contributed by atoms with E-state index in [2.05, 4.69) is 17.1 Å². The molecule has 0 spiro atoms. The molecule has 1 fully saturated rings. The molecule has 1 amide bonds. The number of carbonyl (C=O) groups excluding carboxylic acids is 1. The quantitative estimate of drug-likeness (QED) is 0.847. The van der Waals surface area contributed by atoms with Crippen LogP contribution in [-0.4, -0.2) is 43.2 Å². The van der Waals surface area contributed by atoms with E-state index in [0.29, 0.717) is 24.7 Å². The van der Waals surface area contributed by atoms with E-state index in [9.17, 15) is 4.79 Å². The highest BCUT2D eigenvalue weighted by Crippen LogP contribution is 2.30. The summed E-state index contributed by atoms with van der Waals surface area (Å²) in [4.78, 5) is 14.9. The first-order valence-corrected chi connectivity index (χ1v) is 9.73. The van der Waals surface area contributed by atoms with Crippen LogP contribution in [0, 0.1) is 0 Å². The van der Waals surface area contributed by atoms with Crippen LogP contribution >= 0.6 is 0 Å². The number of fused-ring (bicyclic) bond motifs is 1. The van der Waals surface area contributed by atoms with Crippen LogP contribution in [0.1, 0.15) is 41.6 Å². The molecule has 1 atom stereocenters. The number of likely N-dealkylation sites (tertiary alicyclic amines) is 1. The molecule has 1 unspecified atom stereocenters. The molecule has 0 aliphatic carbocycles. The van der Waals surface area contributed by atoms with E-state index in [1.807, 2.05) is 30.3 Å². The van der Waals surface area contributed by atoms with E-state index in [4.69, 9.17) is 13.9 Å². The van der Waals surface area contributed by atoms with Gasteiger partial charge in [-0.2, -0.15) is 0 Å². The van der Waals surface area contributed by atoms with Gasteiger partial charge in [0.1, 0.15) is 18.5 Å². The van der Waals surface area contributed by atoms with E-state index in [1.165, 1.54) is 12.8 Å². The smallest absolute Gasteiger partial charge is 0.287 e. The summed E-state index contributed by atoms with van der Waals surface area (Å²) in [5.41, 5.74) is 1.12. The third-order valence-electron chi connectivity index (χ3n) is 5.09. The molecule has 4 rings (SSSR count). The molecule has 0 bridgehead atoms. The Balaban J connectivity index is 1.35. The number of benzene rings is 1.